The number of esters is 1. The topological polar surface area (TPSA) is 35.5 Å². The predicted octanol–water partition coefficient (Wildman–Crippen LogP) is 3.69. The van der Waals surface area contributed by atoms with Gasteiger partial charge in [-0.3, -0.25) is 4.79 Å². The summed E-state index contributed by atoms with van der Waals surface area (Å²) in [5.74, 6) is -0.0611. The molecule has 3 nitrogen and oxygen atoms in total. The first-order valence-electron chi connectivity index (χ1n) is 7.11. The summed E-state index contributed by atoms with van der Waals surface area (Å²) in [5, 5.41) is 0. The van der Waals surface area contributed by atoms with Gasteiger partial charge in [0.2, 0.25) is 0 Å². The van der Waals surface area contributed by atoms with Gasteiger partial charge in [0.25, 0.3) is 0 Å². The Kier molecular flexibility index (Phi) is 7.91. The molecule has 1 rings (SSSR count). The second kappa shape index (κ2) is 8.92. The molecular formula is C14H25BrO3. The summed E-state index contributed by atoms with van der Waals surface area (Å²) in [6, 6.07) is 0. The summed E-state index contributed by atoms with van der Waals surface area (Å²) < 4.78 is 10.9. The molecule has 0 heterocycles. The minimum atomic E-state index is -0.0703. The smallest absolute Gasteiger partial charge is 0.309 e. The van der Waals surface area contributed by atoms with Crippen LogP contribution in [0.25, 0.3) is 0 Å². The van der Waals surface area contributed by atoms with E-state index in [1.54, 1.807) is 0 Å². The van der Waals surface area contributed by atoms with Crippen LogP contribution in [0.2, 0.25) is 0 Å². The maximum atomic E-state index is 11.7. The van der Waals surface area contributed by atoms with Gasteiger partial charge in [-0.05, 0) is 26.2 Å². The number of alkyl halides is 1. The molecule has 4 heteroatoms. The summed E-state index contributed by atoms with van der Waals surface area (Å²) in [5.41, 5.74) is 0. The second-order valence-electron chi connectivity index (χ2n) is 4.91. The van der Waals surface area contributed by atoms with Crippen LogP contribution in [0.1, 0.15) is 52.4 Å². The van der Waals surface area contributed by atoms with Gasteiger partial charge >= 0.3 is 5.97 Å². The van der Waals surface area contributed by atoms with Crippen LogP contribution in [-0.2, 0) is 14.3 Å². The van der Waals surface area contributed by atoms with Gasteiger partial charge in [-0.15, -0.1) is 0 Å². The van der Waals surface area contributed by atoms with E-state index in [1.807, 2.05) is 6.92 Å². The number of unbranched alkanes of at least 4 members (excludes halogenated alkanes) is 3. The highest BCUT2D eigenvalue weighted by Crippen LogP contribution is 2.34. The highest BCUT2D eigenvalue weighted by atomic mass is 79.9. The van der Waals surface area contributed by atoms with Gasteiger partial charge in [0.15, 0.2) is 0 Å². The lowest BCUT2D eigenvalue weighted by atomic mass is 10.1. The van der Waals surface area contributed by atoms with E-state index < -0.39 is 0 Å². The molecule has 1 fully saturated rings. The van der Waals surface area contributed by atoms with Crippen molar-refractivity contribution in [1.29, 1.82) is 0 Å². The van der Waals surface area contributed by atoms with E-state index in [-0.39, 0.29) is 22.8 Å². The van der Waals surface area contributed by atoms with Gasteiger partial charge in [0.1, 0.15) is 0 Å². The highest BCUT2D eigenvalue weighted by molar-refractivity contribution is 9.09. The minimum absolute atomic E-state index is 0.00923. The van der Waals surface area contributed by atoms with E-state index in [2.05, 4.69) is 22.9 Å². The number of ether oxygens (including phenoxy) is 2. The van der Waals surface area contributed by atoms with Crippen molar-refractivity contribution in [1.82, 2.24) is 0 Å². The van der Waals surface area contributed by atoms with Crippen molar-refractivity contribution in [3.63, 3.8) is 0 Å². The number of carbonyl (C=O) groups excluding carboxylic acids is 1. The van der Waals surface area contributed by atoms with E-state index in [4.69, 9.17) is 9.47 Å². The third-order valence-electron chi connectivity index (χ3n) is 3.38. The van der Waals surface area contributed by atoms with E-state index >= 15 is 0 Å². The van der Waals surface area contributed by atoms with Crippen LogP contribution in [-0.4, -0.2) is 30.1 Å². The zero-order chi connectivity index (χ0) is 13.4. The Balaban J connectivity index is 2.20. The maximum absolute atomic E-state index is 11.7. The fourth-order valence-corrected chi connectivity index (χ4v) is 3.16. The fourth-order valence-electron chi connectivity index (χ4n) is 2.34. The van der Waals surface area contributed by atoms with Crippen LogP contribution in [0.4, 0.5) is 0 Å². The van der Waals surface area contributed by atoms with Gasteiger partial charge in [-0.2, -0.15) is 0 Å². The largest absolute Gasteiger partial charge is 0.466 e. The fraction of sp³-hybridized carbons (Fsp3) is 0.929. The Morgan fingerprint density at radius 1 is 1.22 bits per heavy atom. The third-order valence-corrected chi connectivity index (χ3v) is 4.34. The van der Waals surface area contributed by atoms with Crippen LogP contribution in [0.5, 0.6) is 0 Å². The molecule has 0 aliphatic heterocycles. The summed E-state index contributed by atoms with van der Waals surface area (Å²) in [6.45, 7) is 5.32. The Morgan fingerprint density at radius 2 is 2.00 bits per heavy atom. The van der Waals surface area contributed by atoms with Crippen molar-refractivity contribution in [2.75, 3.05) is 13.2 Å². The molecule has 0 aromatic carbocycles. The lowest BCUT2D eigenvalue weighted by Crippen LogP contribution is -2.19. The Bertz CT molecular complexity index is 245. The van der Waals surface area contributed by atoms with Crippen molar-refractivity contribution < 1.29 is 14.3 Å². The van der Waals surface area contributed by atoms with E-state index in [9.17, 15) is 4.79 Å². The lowest BCUT2D eigenvalue weighted by Gasteiger charge is -2.15. The molecule has 0 amide bonds. The lowest BCUT2D eigenvalue weighted by molar-refractivity contribution is -0.148. The molecular weight excluding hydrogens is 296 g/mol. The first-order chi connectivity index (χ1) is 8.69. The number of rotatable bonds is 8. The van der Waals surface area contributed by atoms with Crippen LogP contribution in [0.3, 0.4) is 0 Å². The quantitative estimate of drug-likeness (QED) is 0.389. The normalized spacial score (nSPS) is 27.4. The molecule has 3 unspecified atom stereocenters. The monoisotopic (exact) mass is 320 g/mol. The molecule has 18 heavy (non-hydrogen) atoms. The number of carbonyl (C=O) groups is 1. The first-order valence-corrected chi connectivity index (χ1v) is 8.02. The Labute approximate surface area is 119 Å². The number of hydrogen-bond donors (Lipinski definition) is 0. The molecule has 0 aromatic heterocycles. The number of hydrogen-bond acceptors (Lipinski definition) is 3. The summed E-state index contributed by atoms with van der Waals surface area (Å²) >= 11 is 3.61. The van der Waals surface area contributed by atoms with Gasteiger partial charge in [-0.25, -0.2) is 0 Å². The molecule has 1 saturated carbocycles. The standard InChI is InChI=1S/C14H25BrO3/c1-3-5-6-7-8-18-13-10-11(9-12(13)15)14(16)17-4-2/h11-13H,3-10H2,1-2H3. The van der Waals surface area contributed by atoms with Gasteiger partial charge in [0, 0.05) is 11.4 Å². The first kappa shape index (κ1) is 16.0. The van der Waals surface area contributed by atoms with E-state index in [1.165, 1.54) is 19.3 Å². The summed E-state index contributed by atoms with van der Waals surface area (Å²) in [4.78, 5) is 11.9. The molecule has 0 N–H and O–H groups in total. The molecule has 0 radical (unpaired) electrons. The predicted molar refractivity (Wildman–Crippen MR) is 76.0 cm³/mol. The zero-order valence-corrected chi connectivity index (χ0v) is 13.1. The van der Waals surface area contributed by atoms with Gasteiger partial charge in [0.05, 0.1) is 18.6 Å². The molecule has 0 aromatic rings. The third kappa shape index (κ3) is 5.27. The Hall–Kier alpha value is -0.0900. The maximum Gasteiger partial charge on any atom is 0.309 e. The molecule has 3 atom stereocenters. The zero-order valence-electron chi connectivity index (χ0n) is 11.5. The van der Waals surface area contributed by atoms with Crippen molar-refractivity contribution in [2.45, 2.75) is 63.3 Å². The van der Waals surface area contributed by atoms with Gasteiger partial charge < -0.3 is 9.47 Å². The van der Waals surface area contributed by atoms with Crippen LogP contribution in [0.15, 0.2) is 0 Å². The molecule has 1 aliphatic rings. The Morgan fingerprint density at radius 3 is 2.67 bits per heavy atom. The average Bonchev–Trinajstić information content (AvgIpc) is 2.71. The van der Waals surface area contributed by atoms with E-state index in [0.717, 1.165) is 25.9 Å². The van der Waals surface area contributed by atoms with Gasteiger partial charge in [-0.1, -0.05) is 42.1 Å². The van der Waals surface area contributed by atoms with Crippen molar-refractivity contribution in [3.05, 3.63) is 0 Å². The molecule has 0 spiro atoms. The van der Waals surface area contributed by atoms with Crippen LogP contribution < -0.4 is 0 Å². The SMILES string of the molecule is CCCCCCOC1CC(C(=O)OCC)CC1Br. The average molecular weight is 321 g/mol. The van der Waals surface area contributed by atoms with E-state index in [0.29, 0.717) is 6.61 Å². The van der Waals surface area contributed by atoms with Crippen molar-refractivity contribution in [3.8, 4) is 0 Å². The summed E-state index contributed by atoms with van der Waals surface area (Å²) in [6.07, 6.45) is 6.67. The van der Waals surface area contributed by atoms with Crippen molar-refractivity contribution >= 4 is 21.9 Å². The van der Waals surface area contributed by atoms with Crippen LogP contribution >= 0.6 is 15.9 Å². The number of halogens is 1. The minimum Gasteiger partial charge on any atom is -0.466 e. The molecule has 1 aliphatic carbocycles. The molecule has 106 valence electrons. The van der Waals surface area contributed by atoms with Crippen LogP contribution in [0, 0.1) is 5.92 Å². The highest BCUT2D eigenvalue weighted by Gasteiger charge is 2.37. The van der Waals surface area contributed by atoms with Crippen molar-refractivity contribution in [2.24, 2.45) is 5.92 Å². The second-order valence-corrected chi connectivity index (χ2v) is 6.08. The molecule has 0 saturated heterocycles. The molecule has 0 bridgehead atoms. The summed E-state index contributed by atoms with van der Waals surface area (Å²) in [7, 11) is 0.